The Hall–Kier alpha value is -1.64. The van der Waals surface area contributed by atoms with Crippen molar-refractivity contribution in [3.8, 4) is 11.6 Å². The molecule has 0 aromatic carbocycles. The van der Waals surface area contributed by atoms with E-state index in [1.165, 1.54) is 13.3 Å². The molecule has 0 N–H and O–H groups in total. The summed E-state index contributed by atoms with van der Waals surface area (Å²) < 4.78 is 13.2. The van der Waals surface area contributed by atoms with Crippen LogP contribution in [-0.2, 0) is 11.2 Å². The Morgan fingerprint density at radius 3 is 3.11 bits per heavy atom. The highest BCUT2D eigenvalue weighted by atomic mass is 127. The fourth-order valence-corrected chi connectivity index (χ4v) is 2.61. The molecule has 0 bridgehead atoms. The summed E-state index contributed by atoms with van der Waals surface area (Å²) in [4.78, 5) is 20.2. The van der Waals surface area contributed by atoms with Gasteiger partial charge in [0.2, 0.25) is 0 Å². The van der Waals surface area contributed by atoms with Crippen molar-refractivity contribution in [2.45, 2.75) is 6.42 Å². The molecular weight excluding hydrogens is 361 g/mol. The van der Waals surface area contributed by atoms with Gasteiger partial charge in [-0.25, -0.2) is 14.8 Å². The average molecular weight is 371 g/mol. The number of ether oxygens (including phenoxy) is 2. The standard InChI is InChI=1S/C12H10IN3O3/c1-18-12(17)7-4-8-11(15-5-7)16-9(13)6-14-10(16)2-3-19-8/h4-6H,2-3H2,1H3. The van der Waals surface area contributed by atoms with Crippen LogP contribution in [0.4, 0.5) is 0 Å². The zero-order valence-electron chi connectivity index (χ0n) is 10.1. The van der Waals surface area contributed by atoms with E-state index in [4.69, 9.17) is 4.74 Å². The maximum absolute atomic E-state index is 11.5. The fraction of sp³-hybridized carbons (Fsp3) is 0.250. The van der Waals surface area contributed by atoms with E-state index in [9.17, 15) is 4.79 Å². The summed E-state index contributed by atoms with van der Waals surface area (Å²) >= 11 is 2.20. The quantitative estimate of drug-likeness (QED) is 0.563. The smallest absolute Gasteiger partial charge is 0.339 e. The van der Waals surface area contributed by atoms with Gasteiger partial charge in [-0.15, -0.1) is 0 Å². The van der Waals surface area contributed by atoms with Gasteiger partial charge in [0.25, 0.3) is 0 Å². The maximum Gasteiger partial charge on any atom is 0.339 e. The molecule has 0 fully saturated rings. The SMILES string of the molecule is COC(=O)c1cnc2c(c1)OCCc1ncc(I)n1-2. The van der Waals surface area contributed by atoms with Crippen molar-refractivity contribution in [2.75, 3.05) is 13.7 Å². The highest BCUT2D eigenvalue weighted by Crippen LogP contribution is 2.28. The first kappa shape index (κ1) is 12.4. The van der Waals surface area contributed by atoms with Crippen LogP contribution in [0.2, 0.25) is 0 Å². The molecule has 6 nitrogen and oxygen atoms in total. The normalized spacial score (nSPS) is 12.9. The summed E-state index contributed by atoms with van der Waals surface area (Å²) in [6.45, 7) is 0.506. The van der Waals surface area contributed by atoms with Gasteiger partial charge in [-0.2, -0.15) is 0 Å². The van der Waals surface area contributed by atoms with E-state index in [2.05, 4.69) is 37.3 Å². The first-order chi connectivity index (χ1) is 9.20. The second-order valence-corrected chi connectivity index (χ2v) is 5.07. The first-order valence-electron chi connectivity index (χ1n) is 5.64. The molecule has 0 radical (unpaired) electrons. The number of rotatable bonds is 1. The van der Waals surface area contributed by atoms with E-state index in [0.717, 1.165) is 9.53 Å². The van der Waals surface area contributed by atoms with Crippen LogP contribution in [0.3, 0.4) is 0 Å². The van der Waals surface area contributed by atoms with Gasteiger partial charge in [0.05, 0.1) is 25.5 Å². The predicted molar refractivity (Wildman–Crippen MR) is 74.6 cm³/mol. The number of imidazole rings is 1. The van der Waals surface area contributed by atoms with E-state index >= 15 is 0 Å². The molecule has 0 amide bonds. The van der Waals surface area contributed by atoms with E-state index in [1.54, 1.807) is 12.3 Å². The third-order valence-corrected chi connectivity index (χ3v) is 3.60. The second-order valence-electron chi connectivity index (χ2n) is 3.97. The lowest BCUT2D eigenvalue weighted by Crippen LogP contribution is -2.07. The van der Waals surface area contributed by atoms with Crippen molar-refractivity contribution >= 4 is 28.6 Å². The Morgan fingerprint density at radius 1 is 1.47 bits per heavy atom. The van der Waals surface area contributed by atoms with Gasteiger partial charge in [-0.05, 0) is 22.6 Å². The molecule has 7 heteroatoms. The van der Waals surface area contributed by atoms with Crippen molar-refractivity contribution in [3.63, 3.8) is 0 Å². The lowest BCUT2D eigenvalue weighted by molar-refractivity contribution is 0.0599. The number of halogens is 1. The molecule has 0 atom stereocenters. The summed E-state index contributed by atoms with van der Waals surface area (Å²) in [6.07, 6.45) is 3.98. The van der Waals surface area contributed by atoms with Gasteiger partial charge in [-0.3, -0.25) is 4.57 Å². The molecule has 1 aliphatic heterocycles. The number of esters is 1. The molecule has 2 aromatic heterocycles. The number of fused-ring (bicyclic) bond motifs is 3. The Labute approximate surface area is 122 Å². The number of aromatic nitrogens is 3. The number of nitrogens with zero attached hydrogens (tertiary/aromatic N) is 3. The Bertz CT molecular complexity index is 654. The molecule has 0 saturated heterocycles. The van der Waals surface area contributed by atoms with Crippen LogP contribution in [0.25, 0.3) is 5.82 Å². The van der Waals surface area contributed by atoms with Crippen molar-refractivity contribution in [3.05, 3.63) is 33.5 Å². The molecule has 0 aliphatic carbocycles. The van der Waals surface area contributed by atoms with Crippen LogP contribution >= 0.6 is 22.6 Å². The molecule has 98 valence electrons. The summed E-state index contributed by atoms with van der Waals surface area (Å²) in [5.74, 6) is 1.70. The van der Waals surface area contributed by atoms with Crippen molar-refractivity contribution in [2.24, 2.45) is 0 Å². The molecule has 3 rings (SSSR count). The third kappa shape index (κ3) is 2.07. The first-order valence-corrected chi connectivity index (χ1v) is 6.72. The van der Waals surface area contributed by atoms with E-state index in [-0.39, 0.29) is 0 Å². The number of pyridine rings is 1. The summed E-state index contributed by atoms with van der Waals surface area (Å²) in [5.41, 5.74) is 0.375. The third-order valence-electron chi connectivity index (χ3n) is 2.84. The van der Waals surface area contributed by atoms with Crippen LogP contribution in [0.5, 0.6) is 5.75 Å². The second kappa shape index (κ2) is 4.80. The van der Waals surface area contributed by atoms with Crippen molar-refractivity contribution in [1.29, 1.82) is 0 Å². The van der Waals surface area contributed by atoms with Gasteiger partial charge in [-0.1, -0.05) is 0 Å². The highest BCUT2D eigenvalue weighted by Gasteiger charge is 2.21. The zero-order chi connectivity index (χ0) is 13.4. The number of hydrogen-bond donors (Lipinski definition) is 0. The van der Waals surface area contributed by atoms with E-state index in [1.807, 2.05) is 4.57 Å². The van der Waals surface area contributed by atoms with Crippen LogP contribution in [-0.4, -0.2) is 34.2 Å². The van der Waals surface area contributed by atoms with E-state index in [0.29, 0.717) is 30.2 Å². The number of carbonyl (C=O) groups is 1. The number of methoxy groups -OCH3 is 1. The van der Waals surface area contributed by atoms with Gasteiger partial charge in [0.1, 0.15) is 9.53 Å². The molecule has 3 heterocycles. The Balaban J connectivity index is 2.15. The maximum atomic E-state index is 11.5. The van der Waals surface area contributed by atoms with Crippen LogP contribution < -0.4 is 4.74 Å². The van der Waals surface area contributed by atoms with E-state index < -0.39 is 5.97 Å². The minimum atomic E-state index is -0.427. The van der Waals surface area contributed by atoms with Crippen LogP contribution in [0, 0.1) is 3.70 Å². The Kier molecular flexibility index (Phi) is 3.13. The number of hydrogen-bond acceptors (Lipinski definition) is 5. The summed E-state index contributed by atoms with van der Waals surface area (Å²) in [5, 5.41) is 0. The zero-order valence-corrected chi connectivity index (χ0v) is 12.2. The molecule has 2 aromatic rings. The molecule has 0 unspecified atom stereocenters. The lowest BCUT2D eigenvalue weighted by Gasteiger charge is -2.09. The molecule has 1 aliphatic rings. The van der Waals surface area contributed by atoms with Crippen LogP contribution in [0.1, 0.15) is 16.2 Å². The minimum Gasteiger partial charge on any atom is -0.489 e. The average Bonchev–Trinajstić information content (AvgIpc) is 2.69. The molecule has 19 heavy (non-hydrogen) atoms. The van der Waals surface area contributed by atoms with Gasteiger partial charge in [0.15, 0.2) is 11.6 Å². The van der Waals surface area contributed by atoms with Gasteiger partial charge >= 0.3 is 5.97 Å². The van der Waals surface area contributed by atoms with Crippen LogP contribution in [0.15, 0.2) is 18.5 Å². The summed E-state index contributed by atoms with van der Waals surface area (Å²) in [7, 11) is 1.34. The molecular formula is C12H10IN3O3. The Morgan fingerprint density at radius 2 is 2.32 bits per heavy atom. The number of carbonyl (C=O) groups excluding carboxylic acids is 1. The van der Waals surface area contributed by atoms with Crippen molar-refractivity contribution < 1.29 is 14.3 Å². The van der Waals surface area contributed by atoms with Gasteiger partial charge in [0, 0.05) is 18.7 Å². The lowest BCUT2D eigenvalue weighted by atomic mass is 10.2. The minimum absolute atomic E-state index is 0.375. The van der Waals surface area contributed by atoms with Crippen molar-refractivity contribution in [1.82, 2.24) is 14.5 Å². The largest absolute Gasteiger partial charge is 0.489 e. The predicted octanol–water partition coefficient (Wildman–Crippen LogP) is 1.59. The molecule has 0 spiro atoms. The monoisotopic (exact) mass is 371 g/mol. The summed E-state index contributed by atoms with van der Waals surface area (Å²) in [6, 6.07) is 1.65. The highest BCUT2D eigenvalue weighted by molar-refractivity contribution is 14.1. The fourth-order valence-electron chi connectivity index (χ4n) is 1.96. The topological polar surface area (TPSA) is 66.2 Å². The molecule has 0 saturated carbocycles. The van der Waals surface area contributed by atoms with Gasteiger partial charge < -0.3 is 9.47 Å².